The number of carbonyl (C=O) groups is 2. The fraction of sp³-hybridized carbons (Fsp3) is 0.650. The third-order valence-corrected chi connectivity index (χ3v) is 6.46. The predicted molar refractivity (Wildman–Crippen MR) is 102 cm³/mol. The van der Waals surface area contributed by atoms with Crippen LogP contribution in [0.4, 0.5) is 4.79 Å². The number of rotatable bonds is 4. The number of pyridine rings is 1. The Balaban J connectivity index is 1.32. The SMILES string of the molecule is CC1CCCCC12NC(=O)N(CN1CCN(Cc3ccncc3)CC1)C2=O. The van der Waals surface area contributed by atoms with Gasteiger partial charge in [0.15, 0.2) is 0 Å². The monoisotopic (exact) mass is 371 g/mol. The van der Waals surface area contributed by atoms with Gasteiger partial charge < -0.3 is 5.32 Å². The van der Waals surface area contributed by atoms with Crippen molar-refractivity contribution in [3.05, 3.63) is 30.1 Å². The average molecular weight is 371 g/mol. The molecule has 0 aromatic carbocycles. The van der Waals surface area contributed by atoms with Gasteiger partial charge in [0.2, 0.25) is 0 Å². The number of aromatic nitrogens is 1. The number of nitrogens with zero attached hydrogens (tertiary/aromatic N) is 4. The van der Waals surface area contributed by atoms with E-state index in [0.29, 0.717) is 6.67 Å². The maximum absolute atomic E-state index is 13.1. The van der Waals surface area contributed by atoms with Crippen molar-refractivity contribution in [1.29, 1.82) is 0 Å². The minimum atomic E-state index is -0.654. The molecule has 3 amide bonds. The predicted octanol–water partition coefficient (Wildman–Crippen LogP) is 1.66. The number of piperazine rings is 1. The smallest absolute Gasteiger partial charge is 0.323 e. The molecule has 4 rings (SSSR count). The first kappa shape index (κ1) is 18.4. The molecule has 0 radical (unpaired) electrons. The van der Waals surface area contributed by atoms with Crippen molar-refractivity contribution in [1.82, 2.24) is 25.0 Å². The molecule has 2 unspecified atom stereocenters. The lowest BCUT2D eigenvalue weighted by molar-refractivity contribution is -0.136. The second-order valence-corrected chi connectivity index (χ2v) is 8.17. The van der Waals surface area contributed by atoms with Crippen molar-refractivity contribution >= 4 is 11.9 Å². The summed E-state index contributed by atoms with van der Waals surface area (Å²) in [4.78, 5) is 35.7. The Morgan fingerprint density at radius 3 is 2.52 bits per heavy atom. The molecule has 27 heavy (non-hydrogen) atoms. The summed E-state index contributed by atoms with van der Waals surface area (Å²) in [5.41, 5.74) is 0.610. The van der Waals surface area contributed by atoms with Gasteiger partial charge in [-0.25, -0.2) is 9.69 Å². The Morgan fingerprint density at radius 1 is 1.11 bits per heavy atom. The normalized spacial score (nSPS) is 30.1. The van der Waals surface area contributed by atoms with Gasteiger partial charge in [0.25, 0.3) is 5.91 Å². The number of imide groups is 1. The minimum Gasteiger partial charge on any atom is -0.323 e. The Morgan fingerprint density at radius 2 is 1.81 bits per heavy atom. The van der Waals surface area contributed by atoms with Crippen molar-refractivity contribution in [3.8, 4) is 0 Å². The van der Waals surface area contributed by atoms with Crippen LogP contribution < -0.4 is 5.32 Å². The van der Waals surface area contributed by atoms with Crippen molar-refractivity contribution in [2.45, 2.75) is 44.7 Å². The highest BCUT2D eigenvalue weighted by atomic mass is 16.2. The van der Waals surface area contributed by atoms with Crippen LogP contribution in [0.5, 0.6) is 0 Å². The summed E-state index contributed by atoms with van der Waals surface area (Å²) in [7, 11) is 0. The molecule has 1 aromatic rings. The van der Waals surface area contributed by atoms with Crippen LogP contribution in [0.25, 0.3) is 0 Å². The third-order valence-electron chi connectivity index (χ3n) is 6.46. The fourth-order valence-electron chi connectivity index (χ4n) is 4.66. The first-order chi connectivity index (χ1) is 13.1. The van der Waals surface area contributed by atoms with E-state index in [9.17, 15) is 9.59 Å². The van der Waals surface area contributed by atoms with Gasteiger partial charge in [-0.05, 0) is 36.5 Å². The third kappa shape index (κ3) is 3.58. The molecular formula is C20H29N5O2. The first-order valence-electron chi connectivity index (χ1n) is 10.1. The van der Waals surface area contributed by atoms with Crippen molar-refractivity contribution in [3.63, 3.8) is 0 Å². The van der Waals surface area contributed by atoms with E-state index in [2.05, 4.69) is 27.0 Å². The highest BCUT2D eigenvalue weighted by molar-refractivity contribution is 6.07. The second-order valence-electron chi connectivity index (χ2n) is 8.17. The van der Waals surface area contributed by atoms with Gasteiger partial charge in [-0.3, -0.25) is 19.6 Å². The van der Waals surface area contributed by atoms with E-state index < -0.39 is 5.54 Å². The molecule has 1 spiro atoms. The van der Waals surface area contributed by atoms with Gasteiger partial charge in [0, 0.05) is 45.1 Å². The molecule has 3 heterocycles. The Kier molecular flexibility index (Phi) is 5.14. The van der Waals surface area contributed by atoms with Gasteiger partial charge in [0.1, 0.15) is 5.54 Å². The number of hydrogen-bond acceptors (Lipinski definition) is 5. The Hall–Kier alpha value is -1.99. The molecule has 1 aromatic heterocycles. The minimum absolute atomic E-state index is 0.0149. The molecule has 1 saturated carbocycles. The van der Waals surface area contributed by atoms with Crippen molar-refractivity contribution in [2.24, 2.45) is 5.92 Å². The number of hydrogen-bond donors (Lipinski definition) is 1. The first-order valence-corrected chi connectivity index (χ1v) is 10.1. The van der Waals surface area contributed by atoms with Gasteiger partial charge in [0.05, 0.1) is 6.67 Å². The standard InChI is InChI=1S/C20H29N5O2/c1-16-4-2-3-7-20(16)18(26)25(19(27)22-20)15-24-12-10-23(11-13-24)14-17-5-8-21-9-6-17/h5-6,8-9,16H,2-4,7,10-15H2,1H3,(H,22,27). The molecule has 0 bridgehead atoms. The van der Waals surface area contributed by atoms with E-state index in [4.69, 9.17) is 0 Å². The zero-order valence-corrected chi connectivity index (χ0v) is 16.1. The molecule has 1 aliphatic carbocycles. The topological polar surface area (TPSA) is 68.8 Å². The molecule has 7 nitrogen and oxygen atoms in total. The van der Waals surface area contributed by atoms with Crippen molar-refractivity contribution < 1.29 is 9.59 Å². The molecule has 2 saturated heterocycles. The summed E-state index contributed by atoms with van der Waals surface area (Å²) < 4.78 is 0. The lowest BCUT2D eigenvalue weighted by Gasteiger charge is -2.38. The van der Waals surface area contributed by atoms with Crippen LogP contribution in [0.15, 0.2) is 24.5 Å². The fourth-order valence-corrected chi connectivity index (χ4v) is 4.66. The number of carbonyl (C=O) groups excluding carboxylic acids is 2. The van der Waals surface area contributed by atoms with Crippen LogP contribution in [0.2, 0.25) is 0 Å². The van der Waals surface area contributed by atoms with Gasteiger partial charge in [-0.2, -0.15) is 0 Å². The summed E-state index contributed by atoms with van der Waals surface area (Å²) in [5, 5.41) is 3.04. The van der Waals surface area contributed by atoms with E-state index in [1.165, 1.54) is 10.5 Å². The zero-order chi connectivity index (χ0) is 18.9. The molecule has 2 atom stereocenters. The molecule has 1 N–H and O–H groups in total. The zero-order valence-electron chi connectivity index (χ0n) is 16.1. The highest BCUT2D eigenvalue weighted by Crippen LogP contribution is 2.38. The van der Waals surface area contributed by atoms with E-state index in [0.717, 1.165) is 58.4 Å². The van der Waals surface area contributed by atoms with Crippen LogP contribution in [0, 0.1) is 5.92 Å². The van der Waals surface area contributed by atoms with E-state index >= 15 is 0 Å². The van der Waals surface area contributed by atoms with Crippen LogP contribution in [-0.2, 0) is 11.3 Å². The maximum Gasteiger partial charge on any atom is 0.326 e. The molecule has 3 fully saturated rings. The van der Waals surface area contributed by atoms with Crippen LogP contribution in [0.3, 0.4) is 0 Å². The number of nitrogens with one attached hydrogen (secondary N) is 1. The molecular weight excluding hydrogens is 342 g/mol. The number of amides is 3. The molecule has 3 aliphatic rings. The van der Waals surface area contributed by atoms with E-state index in [1.54, 1.807) is 0 Å². The summed E-state index contributed by atoms with van der Waals surface area (Å²) in [6, 6.07) is 3.88. The second kappa shape index (κ2) is 7.56. The average Bonchev–Trinajstić information content (AvgIpc) is 2.91. The van der Waals surface area contributed by atoms with Gasteiger partial charge >= 0.3 is 6.03 Å². The van der Waals surface area contributed by atoms with Gasteiger partial charge in [-0.1, -0.05) is 19.8 Å². The van der Waals surface area contributed by atoms with Crippen LogP contribution in [0.1, 0.15) is 38.2 Å². The summed E-state index contributed by atoms with van der Waals surface area (Å²) >= 11 is 0. The number of urea groups is 1. The maximum atomic E-state index is 13.1. The van der Waals surface area contributed by atoms with E-state index in [-0.39, 0.29) is 17.9 Å². The van der Waals surface area contributed by atoms with E-state index in [1.807, 2.05) is 24.5 Å². The molecule has 146 valence electrons. The lowest BCUT2D eigenvalue weighted by atomic mass is 9.73. The van der Waals surface area contributed by atoms with Crippen LogP contribution in [-0.4, -0.2) is 70.0 Å². The summed E-state index contributed by atoms with van der Waals surface area (Å²) in [6.07, 6.45) is 7.59. The molecule has 2 aliphatic heterocycles. The Bertz CT molecular complexity index is 689. The summed E-state index contributed by atoms with van der Waals surface area (Å²) in [6.45, 7) is 7.03. The Labute approximate surface area is 160 Å². The van der Waals surface area contributed by atoms with Crippen LogP contribution >= 0.6 is 0 Å². The molecule has 7 heteroatoms. The summed E-state index contributed by atoms with van der Waals surface area (Å²) in [5.74, 6) is 0.198. The quantitative estimate of drug-likeness (QED) is 0.815. The lowest BCUT2D eigenvalue weighted by Crippen LogP contribution is -2.55. The highest BCUT2D eigenvalue weighted by Gasteiger charge is 2.55. The van der Waals surface area contributed by atoms with Crippen molar-refractivity contribution in [2.75, 3.05) is 32.8 Å². The largest absolute Gasteiger partial charge is 0.326 e. The van der Waals surface area contributed by atoms with Gasteiger partial charge in [-0.15, -0.1) is 0 Å².